The van der Waals surface area contributed by atoms with Crippen LogP contribution in [-0.2, 0) is 0 Å². The second-order valence-electron chi connectivity index (χ2n) is 7.29. The van der Waals surface area contributed by atoms with E-state index in [2.05, 4.69) is 5.32 Å². The molecule has 0 bridgehead atoms. The second kappa shape index (κ2) is 7.91. The Kier molecular flexibility index (Phi) is 5.57. The monoisotopic (exact) mass is 397 g/mol. The van der Waals surface area contributed by atoms with E-state index in [0.717, 1.165) is 5.56 Å². The van der Waals surface area contributed by atoms with Crippen molar-refractivity contribution in [2.45, 2.75) is 12.8 Å². The largest absolute Gasteiger partial charge is 0.465 e. The van der Waals surface area contributed by atoms with Crippen LogP contribution in [0.3, 0.4) is 0 Å². The molecular weight excluding hydrogens is 378 g/mol. The molecule has 0 unspecified atom stereocenters. The van der Waals surface area contributed by atoms with Gasteiger partial charge in [-0.05, 0) is 42.0 Å². The molecule has 1 fully saturated rings. The number of carbonyl (C=O) groups excluding carboxylic acids is 1. The number of nitriles is 1. The fourth-order valence-electron chi connectivity index (χ4n) is 3.74. The van der Waals surface area contributed by atoms with Crippen molar-refractivity contribution in [3.8, 4) is 6.07 Å². The zero-order valence-electron chi connectivity index (χ0n) is 15.4. The molecule has 0 aliphatic carbocycles. The predicted octanol–water partition coefficient (Wildman–Crippen LogP) is 3.73. The minimum atomic E-state index is -1.09. The summed E-state index contributed by atoms with van der Waals surface area (Å²) in [6, 6.07) is 16.0. The minimum absolute atomic E-state index is 0.0426. The Morgan fingerprint density at radius 2 is 1.89 bits per heavy atom. The van der Waals surface area contributed by atoms with Crippen LogP contribution >= 0.6 is 11.6 Å². The van der Waals surface area contributed by atoms with Gasteiger partial charge in [-0.2, -0.15) is 5.26 Å². The fraction of sp³-hybridized carbons (Fsp3) is 0.286. The molecule has 0 spiro atoms. The molecule has 1 aliphatic rings. The summed E-state index contributed by atoms with van der Waals surface area (Å²) in [5.74, 6) is -0.179. The third kappa shape index (κ3) is 4.10. The minimum Gasteiger partial charge on any atom is -0.465 e. The van der Waals surface area contributed by atoms with Crippen molar-refractivity contribution in [3.05, 3.63) is 70.2 Å². The molecule has 2 aromatic carbocycles. The smallest absolute Gasteiger partial charge is 0.404 e. The van der Waals surface area contributed by atoms with Crippen LogP contribution in [0.1, 0.15) is 34.3 Å². The third-order valence-corrected chi connectivity index (χ3v) is 5.51. The van der Waals surface area contributed by atoms with Crippen molar-refractivity contribution in [2.75, 3.05) is 19.6 Å². The Balaban J connectivity index is 1.87. The number of carboxylic acid groups (broad SMARTS) is 1. The number of nitrogens with zero attached hydrogens (tertiary/aromatic N) is 2. The van der Waals surface area contributed by atoms with Gasteiger partial charge in [0.25, 0.3) is 5.91 Å². The first-order chi connectivity index (χ1) is 13.3. The quantitative estimate of drug-likeness (QED) is 0.822. The lowest BCUT2D eigenvalue weighted by Crippen LogP contribution is -2.40. The lowest BCUT2D eigenvalue weighted by atomic mass is 9.76. The van der Waals surface area contributed by atoms with Gasteiger partial charge in [0.2, 0.25) is 0 Å². The standard InChI is InChI=1S/C21H20ClN3O3/c1-21(12-24-20(27)28)13-25(11-18(21)15-6-8-17(22)9-7-15)19(26)16-4-2-14(10-23)3-5-16/h2-9,18,24H,11-13H2,1H3,(H,27,28)/t18-,21+/m0/s1. The molecule has 3 rings (SSSR count). The molecule has 1 heterocycles. The normalized spacial score (nSPS) is 21.2. The topological polar surface area (TPSA) is 93.4 Å². The van der Waals surface area contributed by atoms with Gasteiger partial charge in [0.15, 0.2) is 0 Å². The summed E-state index contributed by atoms with van der Waals surface area (Å²) in [5.41, 5.74) is 1.54. The molecule has 0 aromatic heterocycles. The number of amides is 2. The summed E-state index contributed by atoms with van der Waals surface area (Å²) < 4.78 is 0. The van der Waals surface area contributed by atoms with Crippen LogP contribution in [-0.4, -0.2) is 41.6 Å². The van der Waals surface area contributed by atoms with Crippen LogP contribution in [0.15, 0.2) is 48.5 Å². The van der Waals surface area contributed by atoms with Gasteiger partial charge in [-0.3, -0.25) is 4.79 Å². The molecule has 1 saturated heterocycles. The van der Waals surface area contributed by atoms with Gasteiger partial charge >= 0.3 is 6.09 Å². The highest BCUT2D eigenvalue weighted by molar-refractivity contribution is 6.30. The van der Waals surface area contributed by atoms with E-state index in [1.807, 2.05) is 25.1 Å². The van der Waals surface area contributed by atoms with Crippen molar-refractivity contribution < 1.29 is 14.7 Å². The van der Waals surface area contributed by atoms with Crippen molar-refractivity contribution in [1.82, 2.24) is 10.2 Å². The lowest BCUT2D eigenvalue weighted by molar-refractivity contribution is 0.0775. The Morgan fingerprint density at radius 1 is 1.25 bits per heavy atom. The maximum atomic E-state index is 13.0. The van der Waals surface area contributed by atoms with Crippen LogP contribution in [0.2, 0.25) is 5.02 Å². The average Bonchev–Trinajstić information content (AvgIpc) is 3.04. The lowest BCUT2D eigenvalue weighted by Gasteiger charge is -2.30. The van der Waals surface area contributed by atoms with Crippen molar-refractivity contribution in [1.29, 1.82) is 5.26 Å². The molecule has 0 radical (unpaired) electrons. The van der Waals surface area contributed by atoms with Crippen LogP contribution in [0.5, 0.6) is 0 Å². The zero-order chi connectivity index (χ0) is 20.3. The first-order valence-corrected chi connectivity index (χ1v) is 9.22. The van der Waals surface area contributed by atoms with E-state index in [1.54, 1.807) is 41.3 Å². The van der Waals surface area contributed by atoms with Crippen LogP contribution in [0.25, 0.3) is 0 Å². The molecule has 0 saturated carbocycles. The van der Waals surface area contributed by atoms with Crippen molar-refractivity contribution in [3.63, 3.8) is 0 Å². The molecule has 144 valence electrons. The molecule has 2 N–H and O–H groups in total. The Labute approximate surface area is 168 Å². The van der Waals surface area contributed by atoms with E-state index in [1.165, 1.54) is 0 Å². The van der Waals surface area contributed by atoms with Gasteiger partial charge in [-0.25, -0.2) is 4.79 Å². The second-order valence-corrected chi connectivity index (χ2v) is 7.73. The molecule has 1 aliphatic heterocycles. The highest BCUT2D eigenvalue weighted by Gasteiger charge is 2.45. The first kappa shape index (κ1) is 19.7. The number of hydrogen-bond acceptors (Lipinski definition) is 3. The van der Waals surface area contributed by atoms with Gasteiger partial charge in [0, 0.05) is 41.6 Å². The molecule has 28 heavy (non-hydrogen) atoms. The van der Waals surface area contributed by atoms with Gasteiger partial charge < -0.3 is 15.3 Å². The van der Waals surface area contributed by atoms with E-state index < -0.39 is 11.5 Å². The maximum Gasteiger partial charge on any atom is 0.404 e. The number of carbonyl (C=O) groups is 2. The van der Waals surface area contributed by atoms with Gasteiger partial charge in [0.1, 0.15) is 0 Å². The van der Waals surface area contributed by atoms with Crippen LogP contribution < -0.4 is 5.32 Å². The Morgan fingerprint density at radius 3 is 2.46 bits per heavy atom. The summed E-state index contributed by atoms with van der Waals surface area (Å²) in [6.07, 6.45) is -1.09. The molecule has 2 amide bonds. The number of hydrogen-bond donors (Lipinski definition) is 2. The molecule has 7 heteroatoms. The third-order valence-electron chi connectivity index (χ3n) is 5.26. The molecular formula is C21H20ClN3O3. The van der Waals surface area contributed by atoms with Gasteiger partial charge in [-0.15, -0.1) is 0 Å². The highest BCUT2D eigenvalue weighted by atomic mass is 35.5. The number of rotatable bonds is 4. The average molecular weight is 398 g/mol. The van der Waals surface area contributed by atoms with Crippen LogP contribution in [0.4, 0.5) is 4.79 Å². The van der Waals surface area contributed by atoms with Gasteiger partial charge in [0.05, 0.1) is 11.6 Å². The number of benzene rings is 2. The summed E-state index contributed by atoms with van der Waals surface area (Å²) >= 11 is 6.00. The SMILES string of the molecule is C[C@@]1(CNC(=O)O)CN(C(=O)c2ccc(C#N)cc2)C[C@H]1c1ccc(Cl)cc1. The van der Waals surface area contributed by atoms with E-state index in [-0.39, 0.29) is 18.4 Å². The summed E-state index contributed by atoms with van der Waals surface area (Å²) in [6.45, 7) is 3.10. The highest BCUT2D eigenvalue weighted by Crippen LogP contribution is 2.43. The van der Waals surface area contributed by atoms with E-state index in [4.69, 9.17) is 22.0 Å². The van der Waals surface area contributed by atoms with E-state index in [0.29, 0.717) is 29.2 Å². The summed E-state index contributed by atoms with van der Waals surface area (Å²) in [4.78, 5) is 25.8. The Hall–Kier alpha value is -3.04. The van der Waals surface area contributed by atoms with Crippen LogP contribution in [0, 0.1) is 16.7 Å². The van der Waals surface area contributed by atoms with Crippen molar-refractivity contribution in [2.24, 2.45) is 5.41 Å². The number of halogens is 1. The van der Waals surface area contributed by atoms with E-state index >= 15 is 0 Å². The van der Waals surface area contributed by atoms with E-state index in [9.17, 15) is 9.59 Å². The fourth-order valence-corrected chi connectivity index (χ4v) is 3.86. The summed E-state index contributed by atoms with van der Waals surface area (Å²) in [5, 5.41) is 21.1. The molecule has 6 nitrogen and oxygen atoms in total. The molecule has 2 atom stereocenters. The number of nitrogens with one attached hydrogen (secondary N) is 1. The van der Waals surface area contributed by atoms with Gasteiger partial charge in [-0.1, -0.05) is 30.7 Å². The Bertz CT molecular complexity index is 921. The summed E-state index contributed by atoms with van der Waals surface area (Å²) in [7, 11) is 0. The first-order valence-electron chi connectivity index (χ1n) is 8.84. The zero-order valence-corrected chi connectivity index (χ0v) is 16.1. The van der Waals surface area contributed by atoms with Crippen molar-refractivity contribution >= 4 is 23.6 Å². The number of likely N-dealkylation sites (tertiary alicyclic amines) is 1. The molecule has 2 aromatic rings. The maximum absolute atomic E-state index is 13.0. The predicted molar refractivity (Wildman–Crippen MR) is 105 cm³/mol.